The molecule has 0 aliphatic heterocycles. The van der Waals surface area contributed by atoms with E-state index in [1.54, 1.807) is 23.0 Å². The van der Waals surface area contributed by atoms with Gasteiger partial charge < -0.3 is 5.11 Å². The van der Waals surface area contributed by atoms with E-state index < -0.39 is 0 Å². The van der Waals surface area contributed by atoms with Gasteiger partial charge >= 0.3 is 0 Å². The SMILES string of the molecule is Cc1cc(O)cc(-c2nn(CC#N)cc2-c2ccnc(-c3ccccc3)c2)c1. The van der Waals surface area contributed by atoms with Crippen LogP contribution >= 0.6 is 0 Å². The van der Waals surface area contributed by atoms with E-state index in [1.165, 1.54) is 0 Å². The van der Waals surface area contributed by atoms with Crippen molar-refractivity contribution in [2.45, 2.75) is 13.5 Å². The average Bonchev–Trinajstić information content (AvgIpc) is 3.12. The zero-order valence-corrected chi connectivity index (χ0v) is 15.4. The maximum Gasteiger partial charge on any atom is 0.128 e. The number of hydrogen-bond acceptors (Lipinski definition) is 4. The van der Waals surface area contributed by atoms with Crippen LogP contribution in [0.1, 0.15) is 5.56 Å². The molecule has 1 N–H and O–H groups in total. The molecular weight excluding hydrogens is 348 g/mol. The Morgan fingerprint density at radius 1 is 1.00 bits per heavy atom. The fourth-order valence-electron chi connectivity index (χ4n) is 3.26. The highest BCUT2D eigenvalue weighted by atomic mass is 16.3. The Bertz CT molecular complexity index is 1150. The largest absolute Gasteiger partial charge is 0.508 e. The molecule has 4 rings (SSSR count). The van der Waals surface area contributed by atoms with Gasteiger partial charge in [0.1, 0.15) is 18.0 Å². The molecule has 0 aliphatic rings. The van der Waals surface area contributed by atoms with Crippen LogP contribution < -0.4 is 0 Å². The molecule has 2 aromatic carbocycles. The number of nitriles is 1. The molecule has 136 valence electrons. The third-order valence-corrected chi connectivity index (χ3v) is 4.47. The van der Waals surface area contributed by atoms with E-state index in [0.29, 0.717) is 0 Å². The van der Waals surface area contributed by atoms with Gasteiger partial charge in [-0.05, 0) is 48.4 Å². The van der Waals surface area contributed by atoms with E-state index in [2.05, 4.69) is 16.2 Å². The summed E-state index contributed by atoms with van der Waals surface area (Å²) in [5.74, 6) is 0.190. The van der Waals surface area contributed by atoms with Crippen molar-refractivity contribution in [3.63, 3.8) is 0 Å². The van der Waals surface area contributed by atoms with Crippen LogP contribution in [0.25, 0.3) is 33.6 Å². The van der Waals surface area contributed by atoms with Gasteiger partial charge in [-0.2, -0.15) is 10.4 Å². The van der Waals surface area contributed by atoms with Gasteiger partial charge in [-0.15, -0.1) is 0 Å². The highest BCUT2D eigenvalue weighted by Crippen LogP contribution is 2.34. The van der Waals surface area contributed by atoms with Gasteiger partial charge in [0.2, 0.25) is 0 Å². The molecule has 5 heteroatoms. The lowest BCUT2D eigenvalue weighted by atomic mass is 9.99. The number of aryl methyl sites for hydroxylation is 1. The molecule has 0 aliphatic carbocycles. The summed E-state index contributed by atoms with van der Waals surface area (Å²) in [6, 6.07) is 21.4. The van der Waals surface area contributed by atoms with Crippen molar-refractivity contribution in [3.8, 4) is 45.5 Å². The third kappa shape index (κ3) is 3.49. The molecule has 0 spiro atoms. The maximum atomic E-state index is 10.0. The molecule has 0 amide bonds. The average molecular weight is 366 g/mol. The number of nitrogens with zero attached hydrogens (tertiary/aromatic N) is 4. The Kier molecular flexibility index (Phi) is 4.61. The maximum absolute atomic E-state index is 10.0. The minimum absolute atomic E-state index is 0.154. The second kappa shape index (κ2) is 7.37. The molecule has 5 nitrogen and oxygen atoms in total. The summed E-state index contributed by atoms with van der Waals surface area (Å²) in [5, 5.41) is 23.7. The molecule has 0 bridgehead atoms. The van der Waals surface area contributed by atoms with Crippen molar-refractivity contribution in [2.75, 3.05) is 0 Å². The van der Waals surface area contributed by atoms with E-state index in [0.717, 1.165) is 39.2 Å². The lowest BCUT2D eigenvalue weighted by Crippen LogP contribution is -1.95. The number of pyridine rings is 1. The Morgan fingerprint density at radius 2 is 1.82 bits per heavy atom. The third-order valence-electron chi connectivity index (χ3n) is 4.47. The fourth-order valence-corrected chi connectivity index (χ4v) is 3.26. The second-order valence-corrected chi connectivity index (χ2v) is 6.60. The fraction of sp³-hybridized carbons (Fsp3) is 0.0870. The van der Waals surface area contributed by atoms with E-state index in [9.17, 15) is 5.11 Å². The number of aromatic hydroxyl groups is 1. The van der Waals surface area contributed by atoms with Crippen molar-refractivity contribution < 1.29 is 5.11 Å². The topological polar surface area (TPSA) is 74.7 Å². The zero-order valence-electron chi connectivity index (χ0n) is 15.4. The van der Waals surface area contributed by atoms with E-state index in [1.807, 2.05) is 61.7 Å². The molecule has 2 aromatic heterocycles. The summed E-state index contributed by atoms with van der Waals surface area (Å²) in [5.41, 5.74) is 6.21. The summed E-state index contributed by atoms with van der Waals surface area (Å²) in [4.78, 5) is 4.49. The van der Waals surface area contributed by atoms with Crippen molar-refractivity contribution in [2.24, 2.45) is 0 Å². The monoisotopic (exact) mass is 366 g/mol. The Hall–Kier alpha value is -3.91. The molecule has 0 radical (unpaired) electrons. The molecule has 0 atom stereocenters. The van der Waals surface area contributed by atoms with Crippen molar-refractivity contribution >= 4 is 0 Å². The molecule has 0 unspecified atom stereocenters. The predicted octanol–water partition coefficient (Wildman–Crippen LogP) is 4.82. The van der Waals surface area contributed by atoms with Crippen LogP contribution in [-0.4, -0.2) is 19.9 Å². The van der Waals surface area contributed by atoms with Gasteiger partial charge in [-0.3, -0.25) is 9.67 Å². The molecule has 4 aromatic rings. The van der Waals surface area contributed by atoms with Crippen LogP contribution in [0.4, 0.5) is 0 Å². The summed E-state index contributed by atoms with van der Waals surface area (Å²) in [6.07, 6.45) is 3.64. The first-order valence-electron chi connectivity index (χ1n) is 8.91. The highest BCUT2D eigenvalue weighted by molar-refractivity contribution is 5.82. The van der Waals surface area contributed by atoms with Gasteiger partial charge in [-0.1, -0.05) is 30.3 Å². The first kappa shape index (κ1) is 17.5. The van der Waals surface area contributed by atoms with Gasteiger partial charge in [0.15, 0.2) is 0 Å². The minimum Gasteiger partial charge on any atom is -0.508 e. The van der Waals surface area contributed by atoms with Crippen molar-refractivity contribution in [1.29, 1.82) is 5.26 Å². The lowest BCUT2D eigenvalue weighted by Gasteiger charge is -2.07. The summed E-state index contributed by atoms with van der Waals surface area (Å²) < 4.78 is 1.62. The number of rotatable bonds is 4. The van der Waals surface area contributed by atoms with Crippen LogP contribution in [0.2, 0.25) is 0 Å². The van der Waals surface area contributed by atoms with E-state index in [4.69, 9.17) is 5.26 Å². The van der Waals surface area contributed by atoms with Crippen LogP contribution in [0.15, 0.2) is 73.1 Å². The molecule has 0 fully saturated rings. The van der Waals surface area contributed by atoms with Crippen LogP contribution in [-0.2, 0) is 6.54 Å². The number of benzene rings is 2. The van der Waals surface area contributed by atoms with Gasteiger partial charge in [0.05, 0.1) is 11.8 Å². The van der Waals surface area contributed by atoms with E-state index >= 15 is 0 Å². The number of aromatic nitrogens is 3. The smallest absolute Gasteiger partial charge is 0.128 e. The molecule has 0 saturated carbocycles. The summed E-state index contributed by atoms with van der Waals surface area (Å²) in [7, 11) is 0. The predicted molar refractivity (Wildman–Crippen MR) is 108 cm³/mol. The quantitative estimate of drug-likeness (QED) is 0.562. The standard InChI is InChI=1S/C23H18N4O/c1-16-11-19(13-20(28)12-16)23-21(15-27(26-23)10-8-24)18-7-9-25-22(14-18)17-5-3-2-4-6-17/h2-7,9,11-15,28H,10H2,1H3. The highest BCUT2D eigenvalue weighted by Gasteiger charge is 2.15. The van der Waals surface area contributed by atoms with Crippen molar-refractivity contribution in [3.05, 3.63) is 78.6 Å². The number of phenolic OH excluding ortho intramolecular Hbond substituents is 1. The first-order valence-corrected chi connectivity index (χ1v) is 8.91. The number of hydrogen-bond donors (Lipinski definition) is 1. The van der Waals surface area contributed by atoms with E-state index in [-0.39, 0.29) is 12.3 Å². The Labute approximate surface area is 163 Å². The van der Waals surface area contributed by atoms with Gasteiger partial charge in [0.25, 0.3) is 0 Å². The minimum atomic E-state index is 0.154. The van der Waals surface area contributed by atoms with Crippen LogP contribution in [0.3, 0.4) is 0 Å². The normalized spacial score (nSPS) is 10.6. The van der Waals surface area contributed by atoms with Crippen LogP contribution in [0.5, 0.6) is 5.75 Å². The molecule has 28 heavy (non-hydrogen) atoms. The molecular formula is C23H18N4O. The Balaban J connectivity index is 1.87. The Morgan fingerprint density at radius 3 is 2.57 bits per heavy atom. The first-order chi connectivity index (χ1) is 13.6. The summed E-state index contributed by atoms with van der Waals surface area (Å²) in [6.45, 7) is 2.08. The van der Waals surface area contributed by atoms with Crippen molar-refractivity contribution in [1.82, 2.24) is 14.8 Å². The van der Waals surface area contributed by atoms with Gasteiger partial charge in [-0.25, -0.2) is 0 Å². The zero-order chi connectivity index (χ0) is 19.5. The van der Waals surface area contributed by atoms with Crippen LogP contribution in [0, 0.1) is 18.3 Å². The lowest BCUT2D eigenvalue weighted by molar-refractivity contribution is 0.475. The molecule has 0 saturated heterocycles. The summed E-state index contributed by atoms with van der Waals surface area (Å²) >= 11 is 0. The second-order valence-electron chi connectivity index (χ2n) is 6.60. The van der Waals surface area contributed by atoms with Gasteiger partial charge in [0, 0.05) is 29.1 Å². The number of phenols is 1. The molecule has 2 heterocycles.